The standard InChI is InChI=1S/C11H16N4O5/c1-3-7(2)10(11(17)18)13-9(16)6-14-5-8(4-12-14)15(19)20/h4-5,7,10H,3,6H2,1-2H3,(H,13,16)(H,17,18)/t7-,10-/m0/s1. The van der Waals surface area contributed by atoms with Crippen LogP contribution in [0.5, 0.6) is 0 Å². The van der Waals surface area contributed by atoms with Crippen molar-refractivity contribution in [3.05, 3.63) is 22.5 Å². The van der Waals surface area contributed by atoms with Gasteiger partial charge in [0.05, 0.1) is 4.92 Å². The monoisotopic (exact) mass is 284 g/mol. The van der Waals surface area contributed by atoms with Gasteiger partial charge in [-0.15, -0.1) is 0 Å². The molecule has 2 atom stereocenters. The molecule has 0 saturated heterocycles. The van der Waals surface area contributed by atoms with Gasteiger partial charge in [-0.3, -0.25) is 19.6 Å². The molecule has 20 heavy (non-hydrogen) atoms. The number of aliphatic carboxylic acids is 1. The van der Waals surface area contributed by atoms with Crippen molar-refractivity contribution in [2.45, 2.75) is 32.9 Å². The van der Waals surface area contributed by atoms with Gasteiger partial charge in [-0.05, 0) is 5.92 Å². The van der Waals surface area contributed by atoms with E-state index in [-0.39, 0.29) is 18.2 Å². The minimum atomic E-state index is -1.11. The Morgan fingerprint density at radius 2 is 2.25 bits per heavy atom. The van der Waals surface area contributed by atoms with E-state index in [1.807, 2.05) is 6.92 Å². The van der Waals surface area contributed by atoms with Crippen LogP contribution in [0.4, 0.5) is 5.69 Å². The van der Waals surface area contributed by atoms with E-state index >= 15 is 0 Å². The van der Waals surface area contributed by atoms with Crippen molar-refractivity contribution in [2.24, 2.45) is 5.92 Å². The molecule has 0 unspecified atom stereocenters. The molecule has 0 aliphatic heterocycles. The summed E-state index contributed by atoms with van der Waals surface area (Å²) in [5.41, 5.74) is -0.227. The predicted molar refractivity (Wildman–Crippen MR) is 67.9 cm³/mol. The number of carboxylic acids is 1. The van der Waals surface area contributed by atoms with Gasteiger partial charge in [0.15, 0.2) is 0 Å². The summed E-state index contributed by atoms with van der Waals surface area (Å²) in [7, 11) is 0. The maximum Gasteiger partial charge on any atom is 0.326 e. The Bertz CT molecular complexity index is 513. The van der Waals surface area contributed by atoms with Crippen molar-refractivity contribution in [3.63, 3.8) is 0 Å². The molecule has 9 heteroatoms. The lowest BCUT2D eigenvalue weighted by Crippen LogP contribution is -2.46. The number of nitrogens with zero attached hydrogens (tertiary/aromatic N) is 3. The average Bonchev–Trinajstić information content (AvgIpc) is 2.83. The Morgan fingerprint density at radius 1 is 1.60 bits per heavy atom. The van der Waals surface area contributed by atoms with Crippen LogP contribution in [0.15, 0.2) is 12.4 Å². The molecule has 0 aliphatic carbocycles. The second-order valence-electron chi connectivity index (χ2n) is 4.42. The van der Waals surface area contributed by atoms with Gasteiger partial charge < -0.3 is 10.4 Å². The zero-order valence-electron chi connectivity index (χ0n) is 11.1. The van der Waals surface area contributed by atoms with Crippen LogP contribution in [-0.4, -0.2) is 37.7 Å². The number of carbonyl (C=O) groups is 2. The summed E-state index contributed by atoms with van der Waals surface area (Å²) in [6.07, 6.45) is 2.74. The molecule has 1 rings (SSSR count). The molecule has 1 aromatic rings. The van der Waals surface area contributed by atoms with E-state index in [0.717, 1.165) is 17.1 Å². The van der Waals surface area contributed by atoms with Crippen LogP contribution in [-0.2, 0) is 16.1 Å². The minimum Gasteiger partial charge on any atom is -0.480 e. The number of nitrogens with one attached hydrogen (secondary N) is 1. The summed E-state index contributed by atoms with van der Waals surface area (Å²) in [5.74, 6) is -1.89. The lowest BCUT2D eigenvalue weighted by Gasteiger charge is -2.19. The number of carbonyl (C=O) groups excluding carboxylic acids is 1. The number of hydrogen-bond acceptors (Lipinski definition) is 5. The molecule has 9 nitrogen and oxygen atoms in total. The summed E-state index contributed by atoms with van der Waals surface area (Å²) in [6.45, 7) is 3.27. The highest BCUT2D eigenvalue weighted by molar-refractivity contribution is 5.83. The van der Waals surface area contributed by atoms with E-state index in [9.17, 15) is 19.7 Å². The molecular weight excluding hydrogens is 268 g/mol. The molecule has 0 saturated carbocycles. The van der Waals surface area contributed by atoms with Gasteiger partial charge in [0.1, 0.15) is 25.0 Å². The highest BCUT2D eigenvalue weighted by Crippen LogP contribution is 2.09. The molecule has 0 aliphatic rings. The average molecular weight is 284 g/mol. The Hall–Kier alpha value is -2.45. The number of aromatic nitrogens is 2. The van der Waals surface area contributed by atoms with Crippen LogP contribution in [0, 0.1) is 16.0 Å². The fourth-order valence-electron chi connectivity index (χ4n) is 1.58. The van der Waals surface area contributed by atoms with Crippen LogP contribution in [0.1, 0.15) is 20.3 Å². The molecule has 1 amide bonds. The maximum atomic E-state index is 11.7. The van der Waals surface area contributed by atoms with E-state index in [2.05, 4.69) is 10.4 Å². The lowest BCUT2D eigenvalue weighted by molar-refractivity contribution is -0.385. The van der Waals surface area contributed by atoms with Crippen LogP contribution in [0.2, 0.25) is 0 Å². The summed E-state index contributed by atoms with van der Waals surface area (Å²) >= 11 is 0. The smallest absolute Gasteiger partial charge is 0.326 e. The molecule has 1 aromatic heterocycles. The molecular formula is C11H16N4O5. The Labute approximate surface area is 114 Å². The van der Waals surface area contributed by atoms with E-state index in [0.29, 0.717) is 6.42 Å². The molecule has 1 heterocycles. The van der Waals surface area contributed by atoms with Crippen molar-refractivity contribution in [1.82, 2.24) is 15.1 Å². The first-order valence-electron chi connectivity index (χ1n) is 6.04. The van der Waals surface area contributed by atoms with Gasteiger partial charge in [-0.1, -0.05) is 20.3 Å². The van der Waals surface area contributed by atoms with Crippen LogP contribution in [0.3, 0.4) is 0 Å². The van der Waals surface area contributed by atoms with Crippen molar-refractivity contribution >= 4 is 17.6 Å². The van der Waals surface area contributed by atoms with Crippen molar-refractivity contribution < 1.29 is 19.6 Å². The Balaban J connectivity index is 2.65. The SMILES string of the molecule is CC[C@H](C)[C@H](NC(=O)Cn1cc([N+](=O)[O-])cn1)C(=O)O. The van der Waals surface area contributed by atoms with Crippen LogP contribution in [0.25, 0.3) is 0 Å². The second kappa shape index (κ2) is 6.64. The number of amides is 1. The number of rotatable bonds is 7. The topological polar surface area (TPSA) is 127 Å². The number of carboxylic acid groups (broad SMARTS) is 1. The zero-order chi connectivity index (χ0) is 15.3. The van der Waals surface area contributed by atoms with Gasteiger partial charge >= 0.3 is 11.7 Å². The third kappa shape index (κ3) is 4.04. The summed E-state index contributed by atoms with van der Waals surface area (Å²) in [5, 5.41) is 25.6. The molecule has 2 N–H and O–H groups in total. The maximum absolute atomic E-state index is 11.7. The first kappa shape index (κ1) is 15.6. The first-order valence-corrected chi connectivity index (χ1v) is 6.04. The van der Waals surface area contributed by atoms with Gasteiger partial charge in [0.2, 0.25) is 5.91 Å². The second-order valence-corrected chi connectivity index (χ2v) is 4.42. The van der Waals surface area contributed by atoms with E-state index < -0.39 is 22.8 Å². The van der Waals surface area contributed by atoms with E-state index in [1.165, 1.54) is 0 Å². The van der Waals surface area contributed by atoms with E-state index in [1.54, 1.807) is 6.92 Å². The van der Waals surface area contributed by atoms with E-state index in [4.69, 9.17) is 5.11 Å². The molecule has 0 aromatic carbocycles. The van der Waals surface area contributed by atoms with Crippen LogP contribution >= 0.6 is 0 Å². The van der Waals surface area contributed by atoms with Crippen molar-refractivity contribution in [2.75, 3.05) is 0 Å². The molecule has 0 radical (unpaired) electrons. The Morgan fingerprint density at radius 3 is 2.70 bits per heavy atom. The largest absolute Gasteiger partial charge is 0.480 e. The summed E-state index contributed by atoms with van der Waals surface area (Å²) in [4.78, 5) is 32.6. The fraction of sp³-hybridized carbons (Fsp3) is 0.545. The predicted octanol–water partition coefficient (Wildman–Crippen LogP) is 0.407. The third-order valence-corrected chi connectivity index (χ3v) is 2.93. The van der Waals surface area contributed by atoms with Crippen molar-refractivity contribution in [1.29, 1.82) is 0 Å². The highest BCUT2D eigenvalue weighted by Gasteiger charge is 2.25. The highest BCUT2D eigenvalue weighted by atomic mass is 16.6. The van der Waals surface area contributed by atoms with Gasteiger partial charge in [-0.2, -0.15) is 5.10 Å². The van der Waals surface area contributed by atoms with Gasteiger partial charge in [0.25, 0.3) is 0 Å². The normalized spacial score (nSPS) is 13.5. The van der Waals surface area contributed by atoms with Crippen LogP contribution < -0.4 is 5.32 Å². The fourth-order valence-corrected chi connectivity index (χ4v) is 1.58. The quantitative estimate of drug-likeness (QED) is 0.551. The van der Waals surface area contributed by atoms with Gasteiger partial charge in [-0.25, -0.2) is 4.79 Å². The van der Waals surface area contributed by atoms with Gasteiger partial charge in [0, 0.05) is 0 Å². The summed E-state index contributed by atoms with van der Waals surface area (Å²) < 4.78 is 1.09. The Kier molecular flexibility index (Phi) is 5.18. The molecule has 0 bridgehead atoms. The zero-order valence-corrected chi connectivity index (χ0v) is 11.1. The summed E-state index contributed by atoms with van der Waals surface area (Å²) in [6, 6.07) is -0.988. The minimum absolute atomic E-state index is 0.219. The molecule has 0 fully saturated rings. The first-order chi connectivity index (χ1) is 9.35. The molecule has 0 spiro atoms. The lowest BCUT2D eigenvalue weighted by atomic mass is 9.99. The third-order valence-electron chi connectivity index (χ3n) is 2.93. The number of hydrogen-bond donors (Lipinski definition) is 2. The number of nitro groups is 1. The molecule has 110 valence electrons. The van der Waals surface area contributed by atoms with Crippen molar-refractivity contribution in [3.8, 4) is 0 Å².